The molecule has 0 spiro atoms. The average Bonchev–Trinajstić information content (AvgIpc) is 3.26. The molecule has 1 radical (unpaired) electrons. The van der Waals surface area contributed by atoms with Gasteiger partial charge < -0.3 is 15.0 Å². The van der Waals surface area contributed by atoms with Crippen LogP contribution < -0.4 is 5.73 Å². The van der Waals surface area contributed by atoms with Crippen molar-refractivity contribution in [1.29, 1.82) is 0 Å². The zero-order valence-electron chi connectivity index (χ0n) is 21.4. The van der Waals surface area contributed by atoms with Crippen LogP contribution in [0.15, 0.2) is 12.7 Å². The molecule has 33 heavy (non-hydrogen) atoms. The SMILES string of the molecule is CCCCCCCCCCCCCCCCCCOCC[C](C)n1cnc2c(N)ncnc21. The molecule has 0 bridgehead atoms. The average molecular weight is 459 g/mol. The Labute approximate surface area is 202 Å². The van der Waals surface area contributed by atoms with E-state index in [-0.39, 0.29) is 0 Å². The summed E-state index contributed by atoms with van der Waals surface area (Å²) in [6.45, 7) is 5.95. The van der Waals surface area contributed by atoms with Crippen molar-refractivity contribution in [3.63, 3.8) is 0 Å². The highest BCUT2D eigenvalue weighted by Gasteiger charge is 2.13. The summed E-state index contributed by atoms with van der Waals surface area (Å²) in [5, 5.41) is 0. The molecule has 187 valence electrons. The number of unbranched alkanes of at least 4 members (excludes halogenated alkanes) is 15. The lowest BCUT2D eigenvalue weighted by Gasteiger charge is -2.13. The quantitative estimate of drug-likeness (QED) is 0.196. The minimum absolute atomic E-state index is 0.422. The summed E-state index contributed by atoms with van der Waals surface area (Å²) in [5.74, 6) is 0.422. The fourth-order valence-corrected chi connectivity index (χ4v) is 4.33. The Morgan fingerprint density at radius 2 is 1.30 bits per heavy atom. The molecule has 0 atom stereocenters. The van der Waals surface area contributed by atoms with Gasteiger partial charge in [-0.3, -0.25) is 0 Å². The molecule has 0 saturated heterocycles. The monoisotopic (exact) mass is 458 g/mol. The number of anilines is 1. The molecule has 0 aliphatic carbocycles. The van der Waals surface area contributed by atoms with E-state index in [0.717, 1.165) is 37.7 Å². The van der Waals surface area contributed by atoms with Gasteiger partial charge in [0.2, 0.25) is 0 Å². The summed E-state index contributed by atoms with van der Waals surface area (Å²) >= 11 is 0. The molecule has 2 N–H and O–H groups in total. The lowest BCUT2D eigenvalue weighted by Crippen LogP contribution is -2.10. The molecule has 0 amide bonds. The van der Waals surface area contributed by atoms with E-state index in [0.29, 0.717) is 11.3 Å². The summed E-state index contributed by atoms with van der Waals surface area (Å²) in [5.41, 5.74) is 7.28. The molecule has 2 aromatic rings. The Balaban J connectivity index is 1.34. The van der Waals surface area contributed by atoms with Gasteiger partial charge in [-0.05, 0) is 19.8 Å². The van der Waals surface area contributed by atoms with E-state index >= 15 is 0 Å². The van der Waals surface area contributed by atoms with E-state index in [1.54, 1.807) is 6.33 Å². The Morgan fingerprint density at radius 3 is 1.88 bits per heavy atom. The van der Waals surface area contributed by atoms with Crippen LogP contribution in [-0.2, 0) is 4.74 Å². The fraction of sp³-hybridized carbons (Fsp3) is 0.778. The highest BCUT2D eigenvalue weighted by atomic mass is 16.5. The summed E-state index contributed by atoms with van der Waals surface area (Å²) in [7, 11) is 0. The fourth-order valence-electron chi connectivity index (χ4n) is 4.33. The van der Waals surface area contributed by atoms with Crippen LogP contribution in [0.1, 0.15) is 123 Å². The Hall–Kier alpha value is -1.69. The molecule has 0 aliphatic rings. The number of nitrogen functional groups attached to an aromatic ring is 1. The molecule has 6 heteroatoms. The van der Waals surface area contributed by atoms with Gasteiger partial charge in [0.05, 0.1) is 12.4 Å². The largest absolute Gasteiger partial charge is 0.382 e. The van der Waals surface area contributed by atoms with Crippen molar-refractivity contribution in [2.75, 3.05) is 18.9 Å². The number of rotatable bonds is 21. The smallest absolute Gasteiger partial charge is 0.166 e. The van der Waals surface area contributed by atoms with Gasteiger partial charge in [0.15, 0.2) is 11.5 Å². The predicted molar refractivity (Wildman–Crippen MR) is 139 cm³/mol. The minimum Gasteiger partial charge on any atom is -0.382 e. The number of nitrogens with two attached hydrogens (primary N) is 1. The molecule has 2 aromatic heterocycles. The lowest BCUT2D eigenvalue weighted by molar-refractivity contribution is 0.128. The summed E-state index contributed by atoms with van der Waals surface area (Å²) in [4.78, 5) is 12.6. The van der Waals surface area contributed by atoms with Crippen molar-refractivity contribution in [1.82, 2.24) is 19.5 Å². The van der Waals surface area contributed by atoms with Gasteiger partial charge in [0, 0.05) is 13.2 Å². The molecule has 0 saturated carbocycles. The van der Waals surface area contributed by atoms with Crippen LogP contribution in [0.25, 0.3) is 11.2 Å². The standard InChI is InChI=1S/C27H48N5O/c1-3-4-5-6-7-8-9-10-11-12-13-14-15-16-17-18-20-33-21-19-24(2)32-23-31-25-26(28)29-22-30-27(25)32/h22-23H,3-21H2,1-2H3,(H2,28,29,30). The van der Waals surface area contributed by atoms with Gasteiger partial charge in [0.25, 0.3) is 0 Å². The second-order valence-electron chi connectivity index (χ2n) is 9.45. The molecule has 6 nitrogen and oxygen atoms in total. The van der Waals surface area contributed by atoms with Crippen LogP contribution in [0, 0.1) is 6.04 Å². The maximum Gasteiger partial charge on any atom is 0.166 e. The van der Waals surface area contributed by atoms with Gasteiger partial charge in [-0.15, -0.1) is 0 Å². The first-order valence-electron chi connectivity index (χ1n) is 13.6. The molecule has 2 rings (SSSR count). The lowest BCUT2D eigenvalue weighted by atomic mass is 10.0. The zero-order valence-corrected chi connectivity index (χ0v) is 21.4. The number of hydrogen-bond donors (Lipinski definition) is 1. The van der Waals surface area contributed by atoms with Crippen LogP contribution in [0.5, 0.6) is 0 Å². The number of aromatic nitrogens is 4. The molecular weight excluding hydrogens is 410 g/mol. The number of nitrogens with zero attached hydrogens (tertiary/aromatic N) is 4. The first-order chi connectivity index (χ1) is 16.2. The first kappa shape index (κ1) is 27.6. The molecule has 0 unspecified atom stereocenters. The van der Waals surface area contributed by atoms with Crippen molar-refractivity contribution in [2.45, 2.75) is 123 Å². The van der Waals surface area contributed by atoms with Crippen molar-refractivity contribution in [3.8, 4) is 0 Å². The van der Waals surface area contributed by atoms with E-state index in [9.17, 15) is 0 Å². The number of ether oxygens (including phenoxy) is 1. The normalized spacial score (nSPS) is 11.7. The minimum atomic E-state index is 0.422. The maximum absolute atomic E-state index is 5.86. The summed E-state index contributed by atoms with van der Waals surface area (Å²) in [6.07, 6.45) is 26.4. The van der Waals surface area contributed by atoms with E-state index in [4.69, 9.17) is 10.5 Å². The van der Waals surface area contributed by atoms with Crippen LogP contribution in [0.3, 0.4) is 0 Å². The van der Waals surface area contributed by atoms with E-state index < -0.39 is 0 Å². The number of fused-ring (bicyclic) bond motifs is 1. The highest BCUT2D eigenvalue weighted by molar-refractivity contribution is 5.81. The highest BCUT2D eigenvalue weighted by Crippen LogP contribution is 2.20. The predicted octanol–water partition coefficient (Wildman–Crippen LogP) is 7.48. The van der Waals surface area contributed by atoms with Crippen molar-refractivity contribution < 1.29 is 4.74 Å². The zero-order chi connectivity index (χ0) is 23.6. The number of hydrogen-bond acceptors (Lipinski definition) is 5. The van der Waals surface area contributed by atoms with Gasteiger partial charge >= 0.3 is 0 Å². The van der Waals surface area contributed by atoms with Crippen molar-refractivity contribution in [3.05, 3.63) is 18.7 Å². The molecular formula is C27H48N5O. The third-order valence-corrected chi connectivity index (χ3v) is 6.52. The Morgan fingerprint density at radius 1 is 0.758 bits per heavy atom. The second-order valence-corrected chi connectivity index (χ2v) is 9.45. The topological polar surface area (TPSA) is 78.9 Å². The van der Waals surface area contributed by atoms with Crippen LogP contribution in [0.2, 0.25) is 0 Å². The van der Waals surface area contributed by atoms with Crippen LogP contribution in [-0.4, -0.2) is 32.7 Å². The van der Waals surface area contributed by atoms with Crippen LogP contribution in [0.4, 0.5) is 5.82 Å². The third-order valence-electron chi connectivity index (χ3n) is 6.52. The van der Waals surface area contributed by atoms with Gasteiger partial charge in [-0.1, -0.05) is 103 Å². The Kier molecular flexibility index (Phi) is 14.8. The Bertz CT molecular complexity index is 732. The van der Waals surface area contributed by atoms with Crippen LogP contribution >= 0.6 is 0 Å². The van der Waals surface area contributed by atoms with Gasteiger partial charge in [-0.2, -0.15) is 0 Å². The third kappa shape index (κ3) is 11.3. The molecule has 0 aromatic carbocycles. The molecule has 2 heterocycles. The van der Waals surface area contributed by atoms with Gasteiger partial charge in [0.1, 0.15) is 11.8 Å². The van der Waals surface area contributed by atoms with Crippen molar-refractivity contribution in [2.24, 2.45) is 0 Å². The van der Waals surface area contributed by atoms with Crippen molar-refractivity contribution >= 4 is 17.0 Å². The molecule has 0 fully saturated rings. The van der Waals surface area contributed by atoms with E-state index in [2.05, 4.69) is 28.8 Å². The number of imidazole rings is 1. The first-order valence-corrected chi connectivity index (χ1v) is 13.6. The second kappa shape index (κ2) is 17.7. The molecule has 0 aliphatic heterocycles. The van der Waals surface area contributed by atoms with E-state index in [1.165, 1.54) is 103 Å². The maximum atomic E-state index is 5.86. The van der Waals surface area contributed by atoms with Gasteiger partial charge in [-0.25, -0.2) is 15.0 Å². The summed E-state index contributed by atoms with van der Waals surface area (Å²) in [6, 6.07) is 1.16. The summed E-state index contributed by atoms with van der Waals surface area (Å²) < 4.78 is 7.82. The van der Waals surface area contributed by atoms with E-state index in [1.807, 2.05) is 4.57 Å².